The van der Waals surface area contributed by atoms with Crippen molar-refractivity contribution in [1.29, 1.82) is 0 Å². The first kappa shape index (κ1) is 11.3. The van der Waals surface area contributed by atoms with Gasteiger partial charge < -0.3 is 10.2 Å². The number of nitrogens with one attached hydrogen (secondary N) is 1. The van der Waals surface area contributed by atoms with Crippen LogP contribution in [0, 0.1) is 0 Å². The third-order valence-corrected chi connectivity index (χ3v) is 2.70. The van der Waals surface area contributed by atoms with E-state index in [1.165, 1.54) is 0 Å². The fraction of sp³-hybridized carbons (Fsp3) is 0.545. The van der Waals surface area contributed by atoms with E-state index in [0.717, 1.165) is 5.56 Å². The lowest BCUT2D eigenvalue weighted by Crippen LogP contribution is -2.27. The van der Waals surface area contributed by atoms with Gasteiger partial charge in [0.2, 0.25) is 0 Å². The van der Waals surface area contributed by atoms with Crippen LogP contribution in [-0.4, -0.2) is 31.0 Å². The van der Waals surface area contributed by atoms with Crippen molar-refractivity contribution in [3.63, 3.8) is 0 Å². The molecule has 88 valence electrons. The molecule has 0 saturated carbocycles. The summed E-state index contributed by atoms with van der Waals surface area (Å²) < 4.78 is 26.2. The maximum atomic E-state index is 13.1. The van der Waals surface area contributed by atoms with E-state index in [0.29, 0.717) is 18.9 Å². The van der Waals surface area contributed by atoms with Crippen LogP contribution in [0.2, 0.25) is 0 Å². The van der Waals surface area contributed by atoms with E-state index in [-0.39, 0.29) is 13.0 Å². The Morgan fingerprint density at radius 3 is 3.00 bits per heavy atom. The predicted octanol–water partition coefficient (Wildman–Crippen LogP) is 1.65. The molecule has 1 aliphatic heterocycles. The van der Waals surface area contributed by atoms with Crippen molar-refractivity contribution in [2.45, 2.75) is 18.9 Å². The molecule has 0 unspecified atom stereocenters. The van der Waals surface area contributed by atoms with Gasteiger partial charge in [0, 0.05) is 31.3 Å². The van der Waals surface area contributed by atoms with Crippen molar-refractivity contribution in [1.82, 2.24) is 10.3 Å². The summed E-state index contributed by atoms with van der Waals surface area (Å²) in [5.41, 5.74) is 0.961. The lowest BCUT2D eigenvalue weighted by molar-refractivity contribution is 0.0256. The fourth-order valence-corrected chi connectivity index (χ4v) is 1.96. The van der Waals surface area contributed by atoms with E-state index >= 15 is 0 Å². The van der Waals surface area contributed by atoms with E-state index < -0.39 is 5.92 Å². The minimum atomic E-state index is -2.57. The number of pyridine rings is 1. The predicted molar refractivity (Wildman–Crippen MR) is 58.8 cm³/mol. The van der Waals surface area contributed by atoms with Gasteiger partial charge in [-0.25, -0.2) is 13.8 Å². The van der Waals surface area contributed by atoms with Gasteiger partial charge in [0.1, 0.15) is 5.82 Å². The molecule has 1 aromatic heterocycles. The Morgan fingerprint density at radius 2 is 2.38 bits per heavy atom. The van der Waals surface area contributed by atoms with Crippen LogP contribution in [0.5, 0.6) is 0 Å². The van der Waals surface area contributed by atoms with Gasteiger partial charge in [-0.05, 0) is 13.1 Å². The normalized spacial score (nSPS) is 19.1. The van der Waals surface area contributed by atoms with Gasteiger partial charge in [-0.2, -0.15) is 0 Å². The molecular formula is C11H15F2N3. The minimum Gasteiger partial charge on any atom is -0.350 e. The van der Waals surface area contributed by atoms with Crippen molar-refractivity contribution in [3.8, 4) is 0 Å². The lowest BCUT2D eigenvalue weighted by atomic mass is 10.2. The van der Waals surface area contributed by atoms with E-state index in [1.807, 2.05) is 19.2 Å². The largest absolute Gasteiger partial charge is 0.350 e. The van der Waals surface area contributed by atoms with E-state index in [2.05, 4.69) is 10.3 Å². The zero-order valence-electron chi connectivity index (χ0n) is 9.21. The molecule has 1 fully saturated rings. The zero-order valence-corrected chi connectivity index (χ0v) is 9.21. The molecule has 0 aliphatic carbocycles. The second-order valence-electron chi connectivity index (χ2n) is 4.04. The smallest absolute Gasteiger partial charge is 0.266 e. The molecule has 0 spiro atoms. The summed E-state index contributed by atoms with van der Waals surface area (Å²) in [7, 11) is 1.83. The topological polar surface area (TPSA) is 28.2 Å². The summed E-state index contributed by atoms with van der Waals surface area (Å²) in [5.74, 6) is -1.90. The first-order valence-corrected chi connectivity index (χ1v) is 5.34. The Labute approximate surface area is 93.5 Å². The van der Waals surface area contributed by atoms with Gasteiger partial charge in [-0.3, -0.25) is 0 Å². The Balaban J connectivity index is 2.20. The molecule has 3 nitrogen and oxygen atoms in total. The molecule has 0 radical (unpaired) electrons. The number of nitrogens with zero attached hydrogens (tertiary/aromatic N) is 2. The summed E-state index contributed by atoms with van der Waals surface area (Å²) in [6.45, 7) is 0.798. The van der Waals surface area contributed by atoms with Crippen molar-refractivity contribution in [2.24, 2.45) is 0 Å². The van der Waals surface area contributed by atoms with Crippen LogP contribution >= 0.6 is 0 Å². The van der Waals surface area contributed by atoms with Crippen LogP contribution in [0.25, 0.3) is 0 Å². The third-order valence-electron chi connectivity index (χ3n) is 2.70. The van der Waals surface area contributed by atoms with Crippen molar-refractivity contribution >= 4 is 5.82 Å². The van der Waals surface area contributed by atoms with Gasteiger partial charge >= 0.3 is 0 Å². The number of rotatable bonds is 3. The summed E-state index contributed by atoms with van der Waals surface area (Å²) in [6, 6.07) is 3.74. The molecule has 2 rings (SSSR count). The molecule has 16 heavy (non-hydrogen) atoms. The van der Waals surface area contributed by atoms with Gasteiger partial charge in [0.25, 0.3) is 5.92 Å². The van der Waals surface area contributed by atoms with Crippen LogP contribution in [0.3, 0.4) is 0 Å². The highest BCUT2D eigenvalue weighted by molar-refractivity contribution is 5.48. The number of anilines is 1. The van der Waals surface area contributed by atoms with Gasteiger partial charge in [-0.1, -0.05) is 6.07 Å². The van der Waals surface area contributed by atoms with E-state index in [4.69, 9.17) is 0 Å². The van der Waals surface area contributed by atoms with Crippen LogP contribution < -0.4 is 10.2 Å². The van der Waals surface area contributed by atoms with Crippen molar-refractivity contribution < 1.29 is 8.78 Å². The summed E-state index contributed by atoms with van der Waals surface area (Å²) in [4.78, 5) is 5.86. The lowest BCUT2D eigenvalue weighted by Gasteiger charge is -2.20. The fourth-order valence-electron chi connectivity index (χ4n) is 1.96. The molecule has 1 aromatic rings. The number of alkyl halides is 2. The third kappa shape index (κ3) is 2.29. The minimum absolute atomic E-state index is 0.0808. The number of halogens is 2. The summed E-state index contributed by atoms with van der Waals surface area (Å²) in [6.07, 6.45) is 1.56. The Kier molecular flexibility index (Phi) is 3.05. The number of hydrogen-bond donors (Lipinski definition) is 1. The monoisotopic (exact) mass is 227 g/mol. The molecule has 0 aromatic carbocycles. The second-order valence-corrected chi connectivity index (χ2v) is 4.04. The molecule has 1 N–H and O–H groups in total. The molecule has 0 bridgehead atoms. The average Bonchev–Trinajstić information content (AvgIpc) is 2.60. The molecule has 0 amide bonds. The van der Waals surface area contributed by atoms with Gasteiger partial charge in [0.05, 0.1) is 6.54 Å². The van der Waals surface area contributed by atoms with Crippen molar-refractivity contribution in [2.75, 3.05) is 25.0 Å². The molecule has 1 saturated heterocycles. The Bertz CT molecular complexity index is 368. The molecule has 5 heteroatoms. The highest BCUT2D eigenvalue weighted by Gasteiger charge is 2.39. The SMILES string of the molecule is CNCc1cccnc1N1CCC(F)(F)C1. The Hall–Kier alpha value is -1.23. The molecule has 2 heterocycles. The van der Waals surface area contributed by atoms with Gasteiger partial charge in [0.15, 0.2) is 0 Å². The molecular weight excluding hydrogens is 212 g/mol. The number of hydrogen-bond acceptors (Lipinski definition) is 3. The first-order valence-electron chi connectivity index (χ1n) is 5.34. The van der Waals surface area contributed by atoms with E-state index in [1.54, 1.807) is 11.1 Å². The zero-order chi connectivity index (χ0) is 11.6. The van der Waals surface area contributed by atoms with Crippen LogP contribution in [0.15, 0.2) is 18.3 Å². The quantitative estimate of drug-likeness (QED) is 0.851. The van der Waals surface area contributed by atoms with Crippen LogP contribution in [-0.2, 0) is 6.54 Å². The number of aromatic nitrogens is 1. The maximum Gasteiger partial charge on any atom is 0.266 e. The van der Waals surface area contributed by atoms with Crippen LogP contribution in [0.1, 0.15) is 12.0 Å². The summed E-state index contributed by atoms with van der Waals surface area (Å²) in [5, 5.41) is 3.01. The molecule has 0 atom stereocenters. The van der Waals surface area contributed by atoms with Crippen molar-refractivity contribution in [3.05, 3.63) is 23.9 Å². The highest BCUT2D eigenvalue weighted by atomic mass is 19.3. The average molecular weight is 227 g/mol. The Morgan fingerprint density at radius 1 is 1.56 bits per heavy atom. The van der Waals surface area contributed by atoms with E-state index in [9.17, 15) is 8.78 Å². The second kappa shape index (κ2) is 4.33. The van der Waals surface area contributed by atoms with Crippen LogP contribution in [0.4, 0.5) is 14.6 Å². The first-order chi connectivity index (χ1) is 7.62. The molecule has 1 aliphatic rings. The summed E-state index contributed by atoms with van der Waals surface area (Å²) >= 11 is 0. The van der Waals surface area contributed by atoms with Gasteiger partial charge in [-0.15, -0.1) is 0 Å². The highest BCUT2D eigenvalue weighted by Crippen LogP contribution is 2.31. The maximum absolute atomic E-state index is 13.1. The standard InChI is InChI=1S/C11H15F2N3/c1-14-7-9-3-2-5-15-10(9)16-6-4-11(12,13)8-16/h2-3,5,14H,4,6-8H2,1H3.